The summed E-state index contributed by atoms with van der Waals surface area (Å²) in [6.45, 7) is 2.99. The fraction of sp³-hybridized carbons (Fsp3) is 0.579. The Bertz CT molecular complexity index is 669. The Morgan fingerprint density at radius 2 is 2.12 bits per heavy atom. The molecule has 0 aliphatic carbocycles. The van der Waals surface area contributed by atoms with Crippen LogP contribution in [0.2, 0.25) is 0 Å². The van der Waals surface area contributed by atoms with Crippen molar-refractivity contribution in [3.63, 3.8) is 0 Å². The molecule has 3 rings (SSSR count). The molecule has 0 aromatic heterocycles. The predicted octanol–water partition coefficient (Wildman–Crippen LogP) is 2.00. The summed E-state index contributed by atoms with van der Waals surface area (Å²) in [6.07, 6.45) is 2.44. The second-order valence-electron chi connectivity index (χ2n) is 7.09. The predicted molar refractivity (Wildman–Crippen MR) is 94.9 cm³/mol. The van der Waals surface area contributed by atoms with Crippen LogP contribution in [0.15, 0.2) is 24.3 Å². The van der Waals surface area contributed by atoms with Crippen molar-refractivity contribution in [3.8, 4) is 0 Å². The highest BCUT2D eigenvalue weighted by atomic mass is 19.1. The van der Waals surface area contributed by atoms with E-state index in [2.05, 4.69) is 5.32 Å². The van der Waals surface area contributed by atoms with Gasteiger partial charge in [-0.1, -0.05) is 18.2 Å². The molecule has 1 aromatic rings. The van der Waals surface area contributed by atoms with E-state index in [4.69, 9.17) is 4.74 Å². The maximum Gasteiger partial charge on any atom is 0.317 e. The third kappa shape index (κ3) is 3.82. The van der Waals surface area contributed by atoms with Gasteiger partial charge in [-0.25, -0.2) is 9.18 Å². The van der Waals surface area contributed by atoms with E-state index >= 15 is 0 Å². The van der Waals surface area contributed by atoms with E-state index < -0.39 is 5.41 Å². The number of nitrogens with zero attached hydrogens (tertiary/aromatic N) is 2. The number of methoxy groups -OCH3 is 1. The minimum atomic E-state index is -0.471. The fourth-order valence-electron chi connectivity index (χ4n) is 3.92. The number of halogens is 1. The monoisotopic (exact) mass is 363 g/mol. The first kappa shape index (κ1) is 18.6. The van der Waals surface area contributed by atoms with Crippen LogP contribution in [-0.4, -0.2) is 61.6 Å². The van der Waals surface area contributed by atoms with Crippen LogP contribution in [0, 0.1) is 11.2 Å². The van der Waals surface area contributed by atoms with E-state index in [0.717, 1.165) is 19.4 Å². The summed E-state index contributed by atoms with van der Waals surface area (Å²) in [5.74, 6) is -0.202. The number of urea groups is 1. The number of hydrogen-bond donors (Lipinski definition) is 1. The summed E-state index contributed by atoms with van der Waals surface area (Å²) < 4.78 is 18.8. The molecule has 1 N–H and O–H groups in total. The number of amides is 3. The van der Waals surface area contributed by atoms with E-state index in [1.807, 2.05) is 4.90 Å². The quantitative estimate of drug-likeness (QED) is 0.870. The SMILES string of the molecule is COCCN1CCC[C@]2(CCN(C(=O)NCc3ccccc3F)C2)C1=O. The second kappa shape index (κ2) is 8.03. The summed E-state index contributed by atoms with van der Waals surface area (Å²) in [5, 5.41) is 2.77. The van der Waals surface area contributed by atoms with Gasteiger partial charge in [-0.05, 0) is 25.3 Å². The van der Waals surface area contributed by atoms with E-state index in [-0.39, 0.29) is 24.3 Å². The van der Waals surface area contributed by atoms with Gasteiger partial charge >= 0.3 is 6.03 Å². The summed E-state index contributed by atoms with van der Waals surface area (Å²) in [6, 6.07) is 6.15. The normalized spacial score (nSPS) is 22.9. The first-order chi connectivity index (χ1) is 12.6. The van der Waals surface area contributed by atoms with Gasteiger partial charge in [0.05, 0.1) is 12.0 Å². The van der Waals surface area contributed by atoms with Gasteiger partial charge in [0.25, 0.3) is 0 Å². The number of piperidine rings is 1. The van der Waals surface area contributed by atoms with Gasteiger partial charge in [0.15, 0.2) is 0 Å². The molecule has 2 saturated heterocycles. The highest BCUT2D eigenvalue weighted by molar-refractivity contribution is 5.85. The maximum absolute atomic E-state index is 13.7. The second-order valence-corrected chi connectivity index (χ2v) is 7.09. The van der Waals surface area contributed by atoms with Gasteiger partial charge in [0, 0.05) is 45.4 Å². The van der Waals surface area contributed by atoms with Gasteiger partial charge in [-0.2, -0.15) is 0 Å². The Morgan fingerprint density at radius 3 is 2.88 bits per heavy atom. The molecule has 0 bridgehead atoms. The molecule has 0 radical (unpaired) electrons. The minimum Gasteiger partial charge on any atom is -0.383 e. The molecule has 2 heterocycles. The largest absolute Gasteiger partial charge is 0.383 e. The van der Waals surface area contributed by atoms with Gasteiger partial charge < -0.3 is 19.9 Å². The first-order valence-corrected chi connectivity index (χ1v) is 9.10. The molecule has 0 unspecified atom stereocenters. The Labute approximate surface area is 153 Å². The van der Waals surface area contributed by atoms with E-state index in [0.29, 0.717) is 38.2 Å². The molecule has 1 atom stereocenters. The third-order valence-electron chi connectivity index (χ3n) is 5.42. The highest BCUT2D eigenvalue weighted by Gasteiger charge is 2.49. The third-order valence-corrected chi connectivity index (χ3v) is 5.42. The molecule has 1 aromatic carbocycles. The molecule has 2 fully saturated rings. The first-order valence-electron chi connectivity index (χ1n) is 9.10. The van der Waals surface area contributed by atoms with E-state index in [9.17, 15) is 14.0 Å². The Hall–Kier alpha value is -2.15. The van der Waals surface area contributed by atoms with Crippen LogP contribution >= 0.6 is 0 Å². The number of rotatable bonds is 5. The van der Waals surface area contributed by atoms with Crippen molar-refractivity contribution in [3.05, 3.63) is 35.6 Å². The average Bonchev–Trinajstić information content (AvgIpc) is 3.07. The molecular formula is C19H26FN3O3. The molecule has 6 nitrogen and oxygen atoms in total. The van der Waals surface area contributed by atoms with Crippen LogP contribution in [0.3, 0.4) is 0 Å². The molecule has 3 amide bonds. The van der Waals surface area contributed by atoms with Crippen molar-refractivity contribution in [1.82, 2.24) is 15.1 Å². The molecule has 26 heavy (non-hydrogen) atoms. The number of hydrogen-bond acceptors (Lipinski definition) is 3. The zero-order valence-electron chi connectivity index (χ0n) is 15.2. The summed E-state index contributed by atoms with van der Waals surface area (Å²) in [4.78, 5) is 28.9. The average molecular weight is 363 g/mol. The number of ether oxygens (including phenoxy) is 1. The zero-order valence-corrected chi connectivity index (χ0v) is 15.2. The molecule has 0 saturated carbocycles. The van der Waals surface area contributed by atoms with Crippen LogP contribution in [0.1, 0.15) is 24.8 Å². The fourth-order valence-corrected chi connectivity index (χ4v) is 3.92. The minimum absolute atomic E-state index is 0.130. The number of benzene rings is 1. The van der Waals surface area contributed by atoms with Gasteiger partial charge in [0.1, 0.15) is 5.82 Å². The van der Waals surface area contributed by atoms with Crippen molar-refractivity contribution in [1.29, 1.82) is 0 Å². The molecule has 2 aliphatic heterocycles. The molecule has 2 aliphatic rings. The molecule has 142 valence electrons. The molecule has 1 spiro atoms. The smallest absolute Gasteiger partial charge is 0.317 e. The van der Waals surface area contributed by atoms with Gasteiger partial charge in [-0.15, -0.1) is 0 Å². The lowest BCUT2D eigenvalue weighted by molar-refractivity contribution is -0.146. The molecular weight excluding hydrogens is 337 g/mol. The lowest BCUT2D eigenvalue weighted by Crippen LogP contribution is -2.51. The van der Waals surface area contributed by atoms with Crippen LogP contribution in [0.5, 0.6) is 0 Å². The zero-order chi connectivity index (χ0) is 18.6. The summed E-state index contributed by atoms with van der Waals surface area (Å²) in [7, 11) is 1.63. The number of nitrogens with one attached hydrogen (secondary N) is 1. The molecule has 7 heteroatoms. The number of carbonyl (C=O) groups excluding carboxylic acids is 2. The standard InChI is InChI=1S/C19H26FN3O3/c1-26-12-11-22-9-4-7-19(17(22)24)8-10-23(14-19)18(25)21-13-15-5-2-3-6-16(15)20/h2-3,5-6H,4,7-14H2,1H3,(H,21,25)/t19-/m1/s1. The van der Waals surface area contributed by atoms with Crippen molar-refractivity contribution in [2.45, 2.75) is 25.8 Å². The Kier molecular flexibility index (Phi) is 5.76. The van der Waals surface area contributed by atoms with Crippen LogP contribution in [0.4, 0.5) is 9.18 Å². The lowest BCUT2D eigenvalue weighted by Gasteiger charge is -2.39. The maximum atomic E-state index is 13.7. The van der Waals surface area contributed by atoms with Crippen LogP contribution < -0.4 is 5.32 Å². The number of carbonyl (C=O) groups is 2. The van der Waals surface area contributed by atoms with Gasteiger partial charge in [0.2, 0.25) is 5.91 Å². The highest BCUT2D eigenvalue weighted by Crippen LogP contribution is 2.40. The van der Waals surface area contributed by atoms with Crippen LogP contribution in [-0.2, 0) is 16.1 Å². The van der Waals surface area contributed by atoms with Crippen molar-refractivity contribution in [2.75, 3.05) is 39.9 Å². The summed E-state index contributed by atoms with van der Waals surface area (Å²) >= 11 is 0. The van der Waals surface area contributed by atoms with Crippen LogP contribution in [0.25, 0.3) is 0 Å². The summed E-state index contributed by atoms with van der Waals surface area (Å²) in [5.41, 5.74) is -0.0179. The lowest BCUT2D eigenvalue weighted by atomic mass is 9.78. The van der Waals surface area contributed by atoms with Crippen molar-refractivity contribution in [2.24, 2.45) is 5.41 Å². The van der Waals surface area contributed by atoms with Gasteiger partial charge in [-0.3, -0.25) is 4.79 Å². The topological polar surface area (TPSA) is 61.9 Å². The van der Waals surface area contributed by atoms with Crippen molar-refractivity contribution < 1.29 is 18.7 Å². The number of likely N-dealkylation sites (tertiary alicyclic amines) is 2. The van der Waals surface area contributed by atoms with E-state index in [1.165, 1.54) is 6.07 Å². The van der Waals surface area contributed by atoms with E-state index in [1.54, 1.807) is 30.2 Å². The van der Waals surface area contributed by atoms with Crippen molar-refractivity contribution >= 4 is 11.9 Å². The Morgan fingerprint density at radius 1 is 1.31 bits per heavy atom. The Balaban J connectivity index is 1.57.